The molecule has 0 aliphatic carbocycles. The number of nitrogens with zero attached hydrogens (tertiary/aromatic N) is 1. The summed E-state index contributed by atoms with van der Waals surface area (Å²) in [5.41, 5.74) is 8.42. The zero-order valence-corrected chi connectivity index (χ0v) is 12.0. The second-order valence-corrected chi connectivity index (χ2v) is 5.78. The Morgan fingerprint density at radius 1 is 1.35 bits per heavy atom. The summed E-state index contributed by atoms with van der Waals surface area (Å²) in [6.45, 7) is 4.10. The molecule has 0 bridgehead atoms. The molecule has 0 amide bonds. The van der Waals surface area contributed by atoms with Crippen molar-refractivity contribution in [1.82, 2.24) is 0 Å². The van der Waals surface area contributed by atoms with E-state index in [0.717, 1.165) is 11.0 Å². The molecular weight excluding hydrogens is 276 g/mol. The third-order valence-electron chi connectivity index (χ3n) is 3.63. The topological polar surface area (TPSA) is 29.3 Å². The Morgan fingerprint density at radius 3 is 2.94 bits per heavy atom. The van der Waals surface area contributed by atoms with Crippen molar-refractivity contribution in [2.24, 2.45) is 5.73 Å². The Hall–Kier alpha value is -0.540. The highest BCUT2D eigenvalue weighted by atomic mass is 79.9. The molecule has 1 aliphatic heterocycles. The molecule has 1 heterocycles. The van der Waals surface area contributed by atoms with Crippen LogP contribution in [0.15, 0.2) is 22.7 Å². The maximum absolute atomic E-state index is 5.85. The van der Waals surface area contributed by atoms with E-state index in [0.29, 0.717) is 12.6 Å². The highest BCUT2D eigenvalue weighted by Gasteiger charge is 2.19. The predicted octanol–water partition coefficient (Wildman–Crippen LogP) is 3.68. The highest BCUT2D eigenvalue weighted by molar-refractivity contribution is 9.10. The molecule has 17 heavy (non-hydrogen) atoms. The van der Waals surface area contributed by atoms with Crippen LogP contribution in [0.25, 0.3) is 0 Å². The van der Waals surface area contributed by atoms with Crippen LogP contribution in [-0.4, -0.2) is 12.6 Å². The van der Waals surface area contributed by atoms with Crippen LogP contribution < -0.4 is 10.6 Å². The molecule has 0 saturated carbocycles. The number of rotatable bonds is 2. The van der Waals surface area contributed by atoms with E-state index in [1.54, 1.807) is 0 Å². The molecule has 3 heteroatoms. The molecule has 0 spiro atoms. The minimum Gasteiger partial charge on any atom is -0.369 e. The van der Waals surface area contributed by atoms with Crippen LogP contribution in [0, 0.1) is 0 Å². The first-order valence-corrected chi connectivity index (χ1v) is 7.27. The summed E-state index contributed by atoms with van der Waals surface area (Å²) in [6, 6.07) is 7.05. The lowest BCUT2D eigenvalue weighted by atomic mass is 10.1. The van der Waals surface area contributed by atoms with Gasteiger partial charge in [0.1, 0.15) is 0 Å². The number of benzene rings is 1. The van der Waals surface area contributed by atoms with Gasteiger partial charge >= 0.3 is 0 Å². The van der Waals surface area contributed by atoms with Gasteiger partial charge in [-0.1, -0.05) is 34.8 Å². The van der Waals surface area contributed by atoms with Gasteiger partial charge in [-0.05, 0) is 37.5 Å². The molecule has 2 nitrogen and oxygen atoms in total. The molecule has 1 saturated heterocycles. The van der Waals surface area contributed by atoms with E-state index >= 15 is 0 Å². The van der Waals surface area contributed by atoms with Gasteiger partial charge in [0.15, 0.2) is 0 Å². The van der Waals surface area contributed by atoms with E-state index in [9.17, 15) is 0 Å². The molecule has 2 rings (SSSR count). The summed E-state index contributed by atoms with van der Waals surface area (Å²) in [7, 11) is 0. The van der Waals surface area contributed by atoms with Crippen LogP contribution >= 0.6 is 15.9 Å². The quantitative estimate of drug-likeness (QED) is 0.902. The molecular formula is C14H21BrN2. The molecule has 1 aliphatic rings. The first-order chi connectivity index (χ1) is 8.22. The predicted molar refractivity (Wildman–Crippen MR) is 77.3 cm³/mol. The van der Waals surface area contributed by atoms with Crippen LogP contribution in [-0.2, 0) is 6.54 Å². The lowest BCUT2D eigenvalue weighted by Crippen LogP contribution is -2.33. The van der Waals surface area contributed by atoms with Gasteiger partial charge in [0, 0.05) is 29.3 Å². The first kappa shape index (κ1) is 12.9. The van der Waals surface area contributed by atoms with Crippen molar-refractivity contribution in [3.63, 3.8) is 0 Å². The number of anilines is 1. The molecule has 0 radical (unpaired) electrons. The summed E-state index contributed by atoms with van der Waals surface area (Å²) in [5, 5.41) is 0. The molecule has 1 aromatic carbocycles. The first-order valence-electron chi connectivity index (χ1n) is 6.47. The van der Waals surface area contributed by atoms with Crippen molar-refractivity contribution in [3.8, 4) is 0 Å². The zero-order valence-electron chi connectivity index (χ0n) is 10.5. The third kappa shape index (κ3) is 3.02. The normalized spacial score (nSPS) is 21.4. The fourth-order valence-electron chi connectivity index (χ4n) is 2.61. The summed E-state index contributed by atoms with van der Waals surface area (Å²) in [5.74, 6) is 0. The molecule has 94 valence electrons. The van der Waals surface area contributed by atoms with E-state index in [4.69, 9.17) is 5.73 Å². The Labute approximate surface area is 112 Å². The maximum Gasteiger partial charge on any atom is 0.0425 e. The Bertz CT molecular complexity index is 378. The summed E-state index contributed by atoms with van der Waals surface area (Å²) >= 11 is 3.56. The number of nitrogens with two attached hydrogens (primary N) is 1. The van der Waals surface area contributed by atoms with Crippen molar-refractivity contribution >= 4 is 21.6 Å². The monoisotopic (exact) mass is 296 g/mol. The Morgan fingerprint density at radius 2 is 2.18 bits per heavy atom. The SMILES string of the molecule is CC1CCCCCN1c1cc(Br)ccc1CN. The minimum absolute atomic E-state index is 0.617. The van der Waals surface area contributed by atoms with Crippen molar-refractivity contribution < 1.29 is 0 Å². The van der Waals surface area contributed by atoms with Gasteiger partial charge in [0.25, 0.3) is 0 Å². The Kier molecular flexibility index (Phi) is 4.46. The molecule has 2 N–H and O–H groups in total. The van der Waals surface area contributed by atoms with Crippen molar-refractivity contribution in [3.05, 3.63) is 28.2 Å². The van der Waals surface area contributed by atoms with Crippen molar-refractivity contribution in [2.75, 3.05) is 11.4 Å². The van der Waals surface area contributed by atoms with Gasteiger partial charge in [-0.2, -0.15) is 0 Å². The lowest BCUT2D eigenvalue weighted by molar-refractivity contribution is 0.614. The molecule has 1 atom stereocenters. The van der Waals surface area contributed by atoms with Gasteiger partial charge in [0.2, 0.25) is 0 Å². The van der Waals surface area contributed by atoms with E-state index in [1.165, 1.54) is 36.9 Å². The van der Waals surface area contributed by atoms with Crippen LogP contribution in [0.2, 0.25) is 0 Å². The van der Waals surface area contributed by atoms with Crippen LogP contribution in [0.1, 0.15) is 38.2 Å². The fraction of sp³-hybridized carbons (Fsp3) is 0.571. The van der Waals surface area contributed by atoms with E-state index in [-0.39, 0.29) is 0 Å². The van der Waals surface area contributed by atoms with Gasteiger partial charge < -0.3 is 10.6 Å². The van der Waals surface area contributed by atoms with E-state index in [2.05, 4.69) is 46.0 Å². The smallest absolute Gasteiger partial charge is 0.0425 e. The number of halogens is 1. The van der Waals surface area contributed by atoms with Crippen LogP contribution in [0.4, 0.5) is 5.69 Å². The molecule has 1 fully saturated rings. The molecule has 1 unspecified atom stereocenters. The van der Waals surface area contributed by atoms with Crippen molar-refractivity contribution in [2.45, 2.75) is 45.2 Å². The van der Waals surface area contributed by atoms with Gasteiger partial charge in [-0.15, -0.1) is 0 Å². The summed E-state index contributed by atoms with van der Waals surface area (Å²) < 4.78 is 1.14. The standard InChI is InChI=1S/C14H21BrN2/c1-11-5-3-2-4-8-17(11)14-9-13(15)7-6-12(14)10-16/h6-7,9,11H,2-5,8,10,16H2,1H3. The van der Waals surface area contributed by atoms with Gasteiger partial charge in [0.05, 0.1) is 0 Å². The second-order valence-electron chi connectivity index (χ2n) is 4.87. The van der Waals surface area contributed by atoms with Gasteiger partial charge in [-0.25, -0.2) is 0 Å². The molecule has 1 aromatic rings. The number of hydrogen-bond donors (Lipinski definition) is 1. The fourth-order valence-corrected chi connectivity index (χ4v) is 2.96. The largest absolute Gasteiger partial charge is 0.369 e. The van der Waals surface area contributed by atoms with Crippen molar-refractivity contribution in [1.29, 1.82) is 0 Å². The third-order valence-corrected chi connectivity index (χ3v) is 4.12. The Balaban J connectivity index is 2.32. The lowest BCUT2D eigenvalue weighted by Gasteiger charge is -2.31. The van der Waals surface area contributed by atoms with Crippen LogP contribution in [0.3, 0.4) is 0 Å². The molecule has 0 aromatic heterocycles. The van der Waals surface area contributed by atoms with Gasteiger partial charge in [-0.3, -0.25) is 0 Å². The van der Waals surface area contributed by atoms with E-state index < -0.39 is 0 Å². The number of hydrogen-bond acceptors (Lipinski definition) is 2. The summed E-state index contributed by atoms with van der Waals surface area (Å²) in [4.78, 5) is 2.53. The highest BCUT2D eigenvalue weighted by Crippen LogP contribution is 2.29. The minimum atomic E-state index is 0.617. The average molecular weight is 297 g/mol. The zero-order chi connectivity index (χ0) is 12.3. The maximum atomic E-state index is 5.85. The average Bonchev–Trinajstić information content (AvgIpc) is 2.54. The van der Waals surface area contributed by atoms with Crippen LogP contribution in [0.5, 0.6) is 0 Å². The summed E-state index contributed by atoms with van der Waals surface area (Å²) in [6.07, 6.45) is 5.29. The second kappa shape index (κ2) is 5.87. The van der Waals surface area contributed by atoms with E-state index in [1.807, 2.05) is 0 Å².